The molecule has 2 heterocycles. The number of halogens is 1. The third-order valence-electron chi connectivity index (χ3n) is 3.35. The second-order valence-corrected chi connectivity index (χ2v) is 5.27. The Morgan fingerprint density at radius 2 is 2.08 bits per heavy atom. The topological polar surface area (TPSA) is 95.8 Å². The van der Waals surface area contributed by atoms with Crippen molar-refractivity contribution in [3.8, 4) is 17.2 Å². The van der Waals surface area contributed by atoms with Gasteiger partial charge in [0, 0.05) is 11.8 Å². The highest BCUT2D eigenvalue weighted by Crippen LogP contribution is 2.19. The number of hydrogen-bond donors (Lipinski definition) is 1. The number of nitrogens with two attached hydrogens (primary N) is 1. The molecule has 2 N–H and O–H groups in total. The number of aromatic nitrogens is 4. The standard InChI is InChI=1S/C16H14FN5O2/c1-10-5-6-14(19-8-10)22-15(11-3-2-4-12(17)7-11)20-21(16(22)24)9-13(18)23/h2-8H,9H2,1H3,(H2,18,23). The van der Waals surface area contributed by atoms with Gasteiger partial charge in [0.05, 0.1) is 0 Å². The fourth-order valence-electron chi connectivity index (χ4n) is 2.27. The second-order valence-electron chi connectivity index (χ2n) is 5.27. The number of pyridine rings is 1. The first-order valence-electron chi connectivity index (χ1n) is 7.13. The van der Waals surface area contributed by atoms with E-state index in [1.54, 1.807) is 24.4 Å². The molecule has 2 aromatic heterocycles. The van der Waals surface area contributed by atoms with E-state index in [0.717, 1.165) is 10.2 Å². The minimum Gasteiger partial charge on any atom is -0.368 e. The molecule has 0 aliphatic heterocycles. The molecule has 0 saturated carbocycles. The minimum absolute atomic E-state index is 0.178. The molecule has 0 spiro atoms. The molecule has 0 fully saturated rings. The lowest BCUT2D eigenvalue weighted by Gasteiger charge is -2.05. The van der Waals surface area contributed by atoms with Crippen LogP contribution in [0.15, 0.2) is 47.4 Å². The van der Waals surface area contributed by atoms with Crippen LogP contribution in [0.3, 0.4) is 0 Å². The summed E-state index contributed by atoms with van der Waals surface area (Å²) in [6.45, 7) is 1.49. The molecule has 3 rings (SSSR count). The largest absolute Gasteiger partial charge is 0.368 e. The van der Waals surface area contributed by atoms with Crippen molar-refractivity contribution in [1.29, 1.82) is 0 Å². The van der Waals surface area contributed by atoms with E-state index in [2.05, 4.69) is 10.1 Å². The summed E-state index contributed by atoms with van der Waals surface area (Å²) in [5.41, 5.74) is 5.88. The van der Waals surface area contributed by atoms with Crippen molar-refractivity contribution in [2.75, 3.05) is 0 Å². The van der Waals surface area contributed by atoms with Gasteiger partial charge in [0.1, 0.15) is 18.2 Å². The van der Waals surface area contributed by atoms with Gasteiger partial charge in [0.15, 0.2) is 5.82 Å². The molecule has 7 nitrogen and oxygen atoms in total. The van der Waals surface area contributed by atoms with Gasteiger partial charge in [-0.3, -0.25) is 4.79 Å². The molecule has 0 aliphatic rings. The molecule has 1 amide bonds. The molecule has 0 saturated heterocycles. The smallest absolute Gasteiger partial charge is 0.352 e. The summed E-state index contributed by atoms with van der Waals surface area (Å²) in [5, 5.41) is 4.12. The highest BCUT2D eigenvalue weighted by molar-refractivity contribution is 5.73. The summed E-state index contributed by atoms with van der Waals surface area (Å²) in [5.74, 6) is -0.671. The van der Waals surface area contributed by atoms with Crippen LogP contribution >= 0.6 is 0 Å². The van der Waals surface area contributed by atoms with Gasteiger partial charge in [0.2, 0.25) is 5.91 Å². The van der Waals surface area contributed by atoms with Crippen molar-refractivity contribution < 1.29 is 9.18 Å². The summed E-state index contributed by atoms with van der Waals surface area (Å²) in [7, 11) is 0. The van der Waals surface area contributed by atoms with Gasteiger partial charge in [-0.05, 0) is 30.7 Å². The Hall–Kier alpha value is -3.29. The number of aryl methyl sites for hydroxylation is 1. The third-order valence-corrected chi connectivity index (χ3v) is 3.35. The zero-order valence-electron chi connectivity index (χ0n) is 12.8. The first kappa shape index (κ1) is 15.6. The predicted octanol–water partition coefficient (Wildman–Crippen LogP) is 1.03. The Morgan fingerprint density at radius 3 is 2.71 bits per heavy atom. The molecule has 0 unspecified atom stereocenters. The van der Waals surface area contributed by atoms with Gasteiger partial charge in [-0.1, -0.05) is 18.2 Å². The number of benzene rings is 1. The maximum absolute atomic E-state index is 13.5. The van der Waals surface area contributed by atoms with Crippen LogP contribution in [-0.2, 0) is 11.3 Å². The average Bonchev–Trinajstić information content (AvgIpc) is 2.85. The van der Waals surface area contributed by atoms with E-state index in [-0.39, 0.29) is 12.4 Å². The monoisotopic (exact) mass is 327 g/mol. The maximum Gasteiger partial charge on any atom is 0.352 e. The Kier molecular flexibility index (Phi) is 3.95. The number of nitrogens with zero attached hydrogens (tertiary/aromatic N) is 4. The van der Waals surface area contributed by atoms with E-state index in [4.69, 9.17) is 5.73 Å². The van der Waals surface area contributed by atoms with Gasteiger partial charge in [-0.25, -0.2) is 23.4 Å². The van der Waals surface area contributed by atoms with Gasteiger partial charge < -0.3 is 5.73 Å². The molecular formula is C16H14FN5O2. The highest BCUT2D eigenvalue weighted by atomic mass is 19.1. The molecule has 0 aliphatic carbocycles. The Morgan fingerprint density at radius 1 is 1.29 bits per heavy atom. The molecule has 0 bridgehead atoms. The van der Waals surface area contributed by atoms with Crippen molar-refractivity contribution in [2.24, 2.45) is 5.73 Å². The summed E-state index contributed by atoms with van der Waals surface area (Å²) in [4.78, 5) is 28.0. The van der Waals surface area contributed by atoms with Crippen molar-refractivity contribution in [3.63, 3.8) is 0 Å². The van der Waals surface area contributed by atoms with Gasteiger partial charge in [0.25, 0.3) is 0 Å². The summed E-state index contributed by atoms with van der Waals surface area (Å²) in [6, 6.07) is 9.10. The van der Waals surface area contributed by atoms with Crippen LogP contribution in [0.1, 0.15) is 5.56 Å². The molecule has 3 aromatic rings. The normalized spacial score (nSPS) is 10.8. The summed E-state index contributed by atoms with van der Waals surface area (Å²) < 4.78 is 15.7. The third kappa shape index (κ3) is 2.94. The average molecular weight is 327 g/mol. The molecule has 122 valence electrons. The molecule has 0 atom stereocenters. The van der Waals surface area contributed by atoms with Crippen molar-refractivity contribution in [3.05, 3.63) is 64.5 Å². The van der Waals surface area contributed by atoms with E-state index in [9.17, 15) is 14.0 Å². The number of primary amides is 1. The molecule has 1 aromatic carbocycles. The van der Waals surface area contributed by atoms with Crippen molar-refractivity contribution >= 4 is 5.91 Å². The molecule has 24 heavy (non-hydrogen) atoms. The van der Waals surface area contributed by atoms with E-state index in [1.807, 2.05) is 6.92 Å². The van der Waals surface area contributed by atoms with Crippen molar-refractivity contribution in [2.45, 2.75) is 13.5 Å². The van der Waals surface area contributed by atoms with Gasteiger partial charge >= 0.3 is 5.69 Å². The quantitative estimate of drug-likeness (QED) is 0.774. The molecular weight excluding hydrogens is 313 g/mol. The lowest BCUT2D eigenvalue weighted by Crippen LogP contribution is -2.30. The Bertz CT molecular complexity index is 959. The minimum atomic E-state index is -0.704. The SMILES string of the molecule is Cc1ccc(-n2c(-c3cccc(F)c3)nn(CC(N)=O)c2=O)nc1. The predicted molar refractivity (Wildman–Crippen MR) is 84.9 cm³/mol. The Labute approximate surface area is 136 Å². The number of rotatable bonds is 4. The molecule has 8 heteroatoms. The lowest BCUT2D eigenvalue weighted by molar-refractivity contribution is -0.118. The van der Waals surface area contributed by atoms with Crippen LogP contribution in [-0.4, -0.2) is 25.2 Å². The fourth-order valence-corrected chi connectivity index (χ4v) is 2.27. The van der Waals surface area contributed by atoms with Crippen LogP contribution < -0.4 is 11.4 Å². The van der Waals surface area contributed by atoms with Crippen LogP contribution in [0, 0.1) is 12.7 Å². The van der Waals surface area contributed by atoms with Gasteiger partial charge in [-0.15, -0.1) is 5.10 Å². The summed E-state index contributed by atoms with van der Waals surface area (Å²) in [6.07, 6.45) is 1.60. The first-order valence-corrected chi connectivity index (χ1v) is 7.13. The zero-order chi connectivity index (χ0) is 17.3. The Balaban J connectivity index is 2.25. The van der Waals surface area contributed by atoms with E-state index < -0.39 is 17.4 Å². The highest BCUT2D eigenvalue weighted by Gasteiger charge is 2.18. The zero-order valence-corrected chi connectivity index (χ0v) is 12.8. The van der Waals surface area contributed by atoms with Crippen LogP contribution in [0.5, 0.6) is 0 Å². The van der Waals surface area contributed by atoms with Crippen LogP contribution in [0.4, 0.5) is 4.39 Å². The van der Waals surface area contributed by atoms with Crippen molar-refractivity contribution in [1.82, 2.24) is 19.3 Å². The molecule has 0 radical (unpaired) electrons. The maximum atomic E-state index is 13.5. The van der Waals surface area contributed by atoms with Crippen LogP contribution in [0.25, 0.3) is 17.2 Å². The number of carbonyl (C=O) groups is 1. The van der Waals surface area contributed by atoms with Crippen LogP contribution in [0.2, 0.25) is 0 Å². The summed E-state index contributed by atoms with van der Waals surface area (Å²) >= 11 is 0. The fraction of sp³-hybridized carbons (Fsp3) is 0.125. The second kappa shape index (κ2) is 6.07. The number of hydrogen-bond acceptors (Lipinski definition) is 4. The van der Waals surface area contributed by atoms with E-state index >= 15 is 0 Å². The van der Waals surface area contributed by atoms with E-state index in [0.29, 0.717) is 11.4 Å². The first-order chi connectivity index (χ1) is 11.5. The number of carbonyl (C=O) groups excluding carboxylic acids is 1. The lowest BCUT2D eigenvalue weighted by atomic mass is 10.2. The van der Waals surface area contributed by atoms with E-state index in [1.165, 1.54) is 22.8 Å². The van der Waals surface area contributed by atoms with Gasteiger partial charge in [-0.2, -0.15) is 0 Å². The number of amides is 1.